The van der Waals surface area contributed by atoms with Gasteiger partial charge in [0.05, 0.1) is 0 Å². The minimum absolute atomic E-state index is 0.244. The van der Waals surface area contributed by atoms with E-state index in [0.29, 0.717) is 15.8 Å². The van der Waals surface area contributed by atoms with Gasteiger partial charge in [0, 0.05) is 21.4 Å². The number of benzene rings is 2. The van der Waals surface area contributed by atoms with Crippen LogP contribution in [0.15, 0.2) is 40.9 Å². The summed E-state index contributed by atoms with van der Waals surface area (Å²) in [5.74, 6) is -0.849. The number of nitrogens with two attached hydrogens (primary N) is 1. The summed E-state index contributed by atoms with van der Waals surface area (Å²) < 4.78 is 13.8. The topological polar surface area (TPSA) is 55.1 Å². The molecule has 2 rings (SSSR count). The van der Waals surface area contributed by atoms with Gasteiger partial charge in [0.2, 0.25) is 0 Å². The molecule has 3 N–H and O–H groups in total. The molecule has 0 radical (unpaired) electrons. The molecule has 0 unspecified atom stereocenters. The summed E-state index contributed by atoms with van der Waals surface area (Å²) in [5.41, 5.74) is 7.98. The summed E-state index contributed by atoms with van der Waals surface area (Å²) in [7, 11) is 0. The number of rotatable bonds is 2. The molecular weight excluding hydrogens is 311 g/mol. The fourth-order valence-corrected chi connectivity index (χ4v) is 2.12. The van der Waals surface area contributed by atoms with Gasteiger partial charge in [0.1, 0.15) is 5.82 Å². The third-order valence-electron chi connectivity index (χ3n) is 2.63. The second kappa shape index (κ2) is 5.40. The Hall–Kier alpha value is -1.88. The van der Waals surface area contributed by atoms with Crippen LogP contribution < -0.4 is 11.1 Å². The van der Waals surface area contributed by atoms with E-state index in [2.05, 4.69) is 21.2 Å². The van der Waals surface area contributed by atoms with Crippen molar-refractivity contribution >= 4 is 33.2 Å². The average Bonchev–Trinajstić information content (AvgIpc) is 2.32. The Bertz CT molecular complexity index is 623. The Morgan fingerprint density at radius 1 is 1.26 bits per heavy atom. The third-order valence-corrected chi connectivity index (χ3v) is 3.09. The largest absolute Gasteiger partial charge is 0.399 e. The highest BCUT2D eigenvalue weighted by Crippen LogP contribution is 2.20. The van der Waals surface area contributed by atoms with Crippen LogP contribution in [0.3, 0.4) is 0 Å². The fraction of sp³-hybridized carbons (Fsp3) is 0.0714. The molecule has 0 atom stereocenters. The number of anilines is 2. The Balaban J connectivity index is 2.28. The molecular formula is C14H12BrFN2O. The van der Waals surface area contributed by atoms with Crippen molar-refractivity contribution in [1.82, 2.24) is 0 Å². The number of nitrogens with one attached hydrogen (secondary N) is 1. The molecule has 0 saturated heterocycles. The zero-order valence-corrected chi connectivity index (χ0v) is 11.8. The van der Waals surface area contributed by atoms with E-state index in [4.69, 9.17) is 5.73 Å². The highest BCUT2D eigenvalue weighted by molar-refractivity contribution is 9.10. The molecule has 0 aromatic heterocycles. The van der Waals surface area contributed by atoms with Crippen LogP contribution in [0.4, 0.5) is 15.8 Å². The smallest absolute Gasteiger partial charge is 0.255 e. The highest BCUT2D eigenvalue weighted by Gasteiger charge is 2.10. The molecule has 3 nitrogen and oxygen atoms in total. The quantitative estimate of drug-likeness (QED) is 0.828. The van der Waals surface area contributed by atoms with Crippen LogP contribution >= 0.6 is 15.9 Å². The number of halogens is 2. The van der Waals surface area contributed by atoms with Crippen LogP contribution in [0, 0.1) is 12.7 Å². The standard InChI is InChI=1S/C14H12BrFN2O/c1-8-2-3-12(17)7-13(8)18-14(19)9-4-10(15)6-11(16)5-9/h2-7H,17H2,1H3,(H,18,19). The van der Waals surface area contributed by atoms with Gasteiger partial charge in [-0.3, -0.25) is 4.79 Å². The molecule has 2 aromatic carbocycles. The maximum Gasteiger partial charge on any atom is 0.255 e. The Kier molecular flexibility index (Phi) is 3.85. The molecule has 0 aliphatic rings. The van der Waals surface area contributed by atoms with E-state index in [-0.39, 0.29) is 11.5 Å². The molecule has 0 aliphatic heterocycles. The van der Waals surface area contributed by atoms with Crippen molar-refractivity contribution in [2.45, 2.75) is 6.92 Å². The number of hydrogen-bond donors (Lipinski definition) is 2. The Morgan fingerprint density at radius 2 is 2.00 bits per heavy atom. The minimum Gasteiger partial charge on any atom is -0.399 e. The van der Waals surface area contributed by atoms with E-state index >= 15 is 0 Å². The van der Waals surface area contributed by atoms with Crippen LogP contribution in [-0.2, 0) is 0 Å². The summed E-state index contributed by atoms with van der Waals surface area (Å²) in [5, 5.41) is 2.72. The number of amides is 1. The molecule has 0 saturated carbocycles. The van der Waals surface area contributed by atoms with Crippen molar-refractivity contribution < 1.29 is 9.18 Å². The average molecular weight is 323 g/mol. The fourth-order valence-electron chi connectivity index (χ4n) is 1.65. The minimum atomic E-state index is -0.469. The zero-order valence-electron chi connectivity index (χ0n) is 10.2. The van der Waals surface area contributed by atoms with Gasteiger partial charge in [-0.2, -0.15) is 0 Å². The highest BCUT2D eigenvalue weighted by atomic mass is 79.9. The van der Waals surface area contributed by atoms with Gasteiger partial charge in [-0.1, -0.05) is 22.0 Å². The molecule has 19 heavy (non-hydrogen) atoms. The molecule has 5 heteroatoms. The molecule has 0 heterocycles. The van der Waals surface area contributed by atoms with Crippen LogP contribution in [0.25, 0.3) is 0 Å². The molecule has 98 valence electrons. The van der Waals surface area contributed by atoms with Crippen LogP contribution in [-0.4, -0.2) is 5.91 Å². The van der Waals surface area contributed by atoms with Crippen molar-refractivity contribution in [3.63, 3.8) is 0 Å². The van der Waals surface area contributed by atoms with Gasteiger partial charge in [-0.05, 0) is 42.8 Å². The van der Waals surface area contributed by atoms with E-state index in [1.807, 2.05) is 13.0 Å². The van der Waals surface area contributed by atoms with Crippen LogP contribution in [0.5, 0.6) is 0 Å². The monoisotopic (exact) mass is 322 g/mol. The summed E-state index contributed by atoms with van der Waals surface area (Å²) in [4.78, 5) is 12.0. The van der Waals surface area contributed by atoms with Crippen molar-refractivity contribution in [2.24, 2.45) is 0 Å². The molecule has 0 fully saturated rings. The van der Waals surface area contributed by atoms with Gasteiger partial charge in [0.15, 0.2) is 0 Å². The zero-order chi connectivity index (χ0) is 14.0. The number of carbonyl (C=O) groups excluding carboxylic acids is 1. The molecule has 0 bridgehead atoms. The lowest BCUT2D eigenvalue weighted by Gasteiger charge is -2.09. The number of carbonyl (C=O) groups is 1. The Labute approximate surface area is 118 Å². The van der Waals surface area contributed by atoms with E-state index in [1.165, 1.54) is 12.1 Å². The maximum atomic E-state index is 13.2. The van der Waals surface area contributed by atoms with Crippen molar-refractivity contribution in [3.8, 4) is 0 Å². The predicted octanol–water partition coefficient (Wildman–Crippen LogP) is 3.73. The van der Waals surface area contributed by atoms with Gasteiger partial charge < -0.3 is 11.1 Å². The van der Waals surface area contributed by atoms with Crippen molar-refractivity contribution in [1.29, 1.82) is 0 Å². The maximum absolute atomic E-state index is 13.2. The molecule has 2 aromatic rings. The first-order valence-electron chi connectivity index (χ1n) is 5.59. The summed E-state index contributed by atoms with van der Waals surface area (Å²) >= 11 is 3.15. The van der Waals surface area contributed by atoms with E-state index in [9.17, 15) is 9.18 Å². The van der Waals surface area contributed by atoms with Crippen LogP contribution in [0.2, 0.25) is 0 Å². The van der Waals surface area contributed by atoms with Crippen LogP contribution in [0.1, 0.15) is 15.9 Å². The predicted molar refractivity (Wildman–Crippen MR) is 77.6 cm³/mol. The van der Waals surface area contributed by atoms with Gasteiger partial charge >= 0.3 is 0 Å². The molecule has 0 aliphatic carbocycles. The summed E-state index contributed by atoms with van der Waals surface area (Å²) in [6.45, 7) is 1.86. The normalized spacial score (nSPS) is 10.3. The van der Waals surface area contributed by atoms with E-state index < -0.39 is 5.82 Å². The second-order valence-electron chi connectivity index (χ2n) is 4.19. The number of nitrogen functional groups attached to an aromatic ring is 1. The lowest BCUT2D eigenvalue weighted by molar-refractivity contribution is 0.102. The van der Waals surface area contributed by atoms with Crippen molar-refractivity contribution in [3.05, 3.63) is 57.8 Å². The first kappa shape index (κ1) is 13.5. The van der Waals surface area contributed by atoms with Crippen molar-refractivity contribution in [2.75, 3.05) is 11.1 Å². The second-order valence-corrected chi connectivity index (χ2v) is 5.10. The van der Waals surface area contributed by atoms with Gasteiger partial charge in [-0.25, -0.2) is 4.39 Å². The SMILES string of the molecule is Cc1ccc(N)cc1NC(=O)c1cc(F)cc(Br)c1. The summed E-state index contributed by atoms with van der Waals surface area (Å²) in [6, 6.07) is 9.27. The molecule has 0 spiro atoms. The first-order valence-corrected chi connectivity index (χ1v) is 6.38. The first-order chi connectivity index (χ1) is 8.95. The number of aryl methyl sites for hydroxylation is 1. The lowest BCUT2D eigenvalue weighted by Crippen LogP contribution is -2.13. The lowest BCUT2D eigenvalue weighted by atomic mass is 10.1. The third kappa shape index (κ3) is 3.32. The van der Waals surface area contributed by atoms with E-state index in [1.54, 1.807) is 18.2 Å². The van der Waals surface area contributed by atoms with Gasteiger partial charge in [-0.15, -0.1) is 0 Å². The number of hydrogen-bond acceptors (Lipinski definition) is 2. The van der Waals surface area contributed by atoms with E-state index in [0.717, 1.165) is 5.56 Å². The summed E-state index contributed by atoms with van der Waals surface area (Å²) in [6.07, 6.45) is 0. The Morgan fingerprint density at radius 3 is 2.68 bits per heavy atom. The molecule has 1 amide bonds. The van der Waals surface area contributed by atoms with Gasteiger partial charge in [0.25, 0.3) is 5.91 Å².